The molecule has 1 aromatic rings. The minimum atomic E-state index is -3.41. The predicted molar refractivity (Wildman–Crippen MR) is 82.0 cm³/mol. The molecule has 2 rings (SSSR count). The molecule has 1 saturated heterocycles. The third kappa shape index (κ3) is 3.33. The average molecular weight is 296 g/mol. The van der Waals surface area contributed by atoms with Gasteiger partial charge in [-0.1, -0.05) is 13.3 Å². The highest BCUT2D eigenvalue weighted by atomic mass is 32.2. The Labute approximate surface area is 122 Å². The highest BCUT2D eigenvalue weighted by molar-refractivity contribution is 7.89. The number of rotatable bonds is 3. The average Bonchev–Trinajstić information content (AvgIpc) is 2.63. The van der Waals surface area contributed by atoms with Crippen LogP contribution in [0.15, 0.2) is 23.1 Å². The van der Waals surface area contributed by atoms with Crippen molar-refractivity contribution in [1.82, 2.24) is 4.31 Å². The molecular weight excluding hydrogens is 272 g/mol. The number of sulfonamides is 1. The maximum absolute atomic E-state index is 12.7. The molecule has 20 heavy (non-hydrogen) atoms. The highest BCUT2D eigenvalue weighted by Crippen LogP contribution is 2.26. The molecule has 1 unspecified atom stereocenters. The van der Waals surface area contributed by atoms with Gasteiger partial charge in [0, 0.05) is 18.8 Å². The molecule has 0 aliphatic carbocycles. The van der Waals surface area contributed by atoms with Gasteiger partial charge in [0.25, 0.3) is 0 Å². The minimum Gasteiger partial charge on any atom is -0.399 e. The first-order valence-corrected chi connectivity index (χ1v) is 8.75. The van der Waals surface area contributed by atoms with Gasteiger partial charge in [-0.15, -0.1) is 0 Å². The van der Waals surface area contributed by atoms with E-state index < -0.39 is 10.0 Å². The summed E-state index contributed by atoms with van der Waals surface area (Å²) in [5, 5.41) is 0. The molecule has 4 nitrogen and oxygen atoms in total. The summed E-state index contributed by atoms with van der Waals surface area (Å²) in [6.07, 6.45) is 4.15. The molecule has 0 bridgehead atoms. The number of aryl methyl sites for hydroxylation is 1. The number of benzene rings is 1. The molecule has 112 valence electrons. The van der Waals surface area contributed by atoms with Crippen molar-refractivity contribution in [3.05, 3.63) is 23.8 Å². The number of nitrogens with zero attached hydrogens (tertiary/aromatic N) is 1. The van der Waals surface area contributed by atoms with Crippen LogP contribution in [0.5, 0.6) is 0 Å². The Hall–Kier alpha value is -1.07. The molecular formula is C15H24N2O2S. The van der Waals surface area contributed by atoms with Crippen LogP contribution in [-0.4, -0.2) is 25.8 Å². The molecule has 1 heterocycles. The number of hydrogen-bond donors (Lipinski definition) is 1. The normalized spacial score (nSPS) is 21.6. The van der Waals surface area contributed by atoms with Crippen molar-refractivity contribution in [1.29, 1.82) is 0 Å². The number of hydrogen-bond acceptors (Lipinski definition) is 3. The van der Waals surface area contributed by atoms with E-state index in [0.717, 1.165) is 31.2 Å². The fourth-order valence-electron chi connectivity index (χ4n) is 2.86. The molecule has 1 aliphatic rings. The monoisotopic (exact) mass is 296 g/mol. The maximum Gasteiger partial charge on any atom is 0.243 e. The van der Waals surface area contributed by atoms with Gasteiger partial charge in [-0.25, -0.2) is 8.42 Å². The van der Waals surface area contributed by atoms with Gasteiger partial charge in [0.05, 0.1) is 4.90 Å². The van der Waals surface area contributed by atoms with E-state index in [-0.39, 0.29) is 0 Å². The van der Waals surface area contributed by atoms with Crippen molar-refractivity contribution < 1.29 is 8.42 Å². The molecule has 0 amide bonds. The summed E-state index contributed by atoms with van der Waals surface area (Å²) in [5.41, 5.74) is 7.16. The summed E-state index contributed by atoms with van der Waals surface area (Å²) in [6, 6.07) is 5.05. The summed E-state index contributed by atoms with van der Waals surface area (Å²) in [4.78, 5) is 0.324. The molecule has 0 radical (unpaired) electrons. The Morgan fingerprint density at radius 3 is 2.65 bits per heavy atom. The van der Waals surface area contributed by atoms with Gasteiger partial charge in [-0.2, -0.15) is 4.31 Å². The zero-order chi connectivity index (χ0) is 14.8. The molecule has 1 fully saturated rings. The van der Waals surface area contributed by atoms with E-state index in [0.29, 0.717) is 29.6 Å². The third-order valence-electron chi connectivity index (χ3n) is 4.09. The fourth-order valence-corrected chi connectivity index (χ4v) is 4.50. The lowest BCUT2D eigenvalue weighted by atomic mass is 9.98. The first-order chi connectivity index (χ1) is 9.43. The van der Waals surface area contributed by atoms with E-state index in [1.807, 2.05) is 6.92 Å². The molecule has 0 aromatic heterocycles. The van der Waals surface area contributed by atoms with Crippen molar-refractivity contribution in [3.8, 4) is 0 Å². The van der Waals surface area contributed by atoms with E-state index in [1.54, 1.807) is 22.5 Å². The van der Waals surface area contributed by atoms with Crippen LogP contribution in [0.4, 0.5) is 5.69 Å². The van der Waals surface area contributed by atoms with Crippen LogP contribution < -0.4 is 5.73 Å². The van der Waals surface area contributed by atoms with Crippen LogP contribution in [0.2, 0.25) is 0 Å². The van der Waals surface area contributed by atoms with Gasteiger partial charge in [0.2, 0.25) is 10.0 Å². The molecule has 5 heteroatoms. The zero-order valence-electron chi connectivity index (χ0n) is 12.3. The van der Waals surface area contributed by atoms with Crippen LogP contribution in [0.3, 0.4) is 0 Å². The largest absolute Gasteiger partial charge is 0.399 e. The summed E-state index contributed by atoms with van der Waals surface area (Å²) >= 11 is 0. The lowest BCUT2D eigenvalue weighted by Gasteiger charge is -2.20. The Kier molecular flexibility index (Phi) is 4.70. The minimum absolute atomic E-state index is 0.324. The Morgan fingerprint density at radius 1 is 1.25 bits per heavy atom. The fraction of sp³-hybridized carbons (Fsp3) is 0.600. The lowest BCUT2D eigenvalue weighted by molar-refractivity contribution is 0.407. The second-order valence-corrected chi connectivity index (χ2v) is 7.63. The number of nitrogen functional groups attached to an aromatic ring is 1. The molecule has 1 aromatic carbocycles. The molecule has 1 atom stereocenters. The summed E-state index contributed by atoms with van der Waals surface area (Å²) in [6.45, 7) is 5.28. The van der Waals surface area contributed by atoms with Crippen LogP contribution >= 0.6 is 0 Å². The summed E-state index contributed by atoms with van der Waals surface area (Å²) < 4.78 is 27.0. The van der Waals surface area contributed by atoms with Gasteiger partial charge < -0.3 is 5.73 Å². The highest BCUT2D eigenvalue weighted by Gasteiger charge is 2.27. The first kappa shape index (κ1) is 15.3. The van der Waals surface area contributed by atoms with Crippen molar-refractivity contribution in [3.63, 3.8) is 0 Å². The summed E-state index contributed by atoms with van der Waals surface area (Å²) in [7, 11) is -3.41. The predicted octanol–water partition coefficient (Wildman–Crippen LogP) is 2.78. The zero-order valence-corrected chi connectivity index (χ0v) is 13.1. The van der Waals surface area contributed by atoms with Crippen molar-refractivity contribution in [2.75, 3.05) is 18.8 Å². The van der Waals surface area contributed by atoms with Gasteiger partial charge in [-0.3, -0.25) is 0 Å². The van der Waals surface area contributed by atoms with Crippen LogP contribution in [0.1, 0.15) is 38.2 Å². The topological polar surface area (TPSA) is 63.4 Å². The standard InChI is InChI=1S/C15H24N2O2S/c1-3-13-5-4-7-17(8-6-13)20(18,19)15-10-12(2)9-14(16)11-15/h9-11,13H,3-8,16H2,1-2H3. The van der Waals surface area contributed by atoms with Crippen LogP contribution in [0.25, 0.3) is 0 Å². The van der Waals surface area contributed by atoms with E-state index in [4.69, 9.17) is 5.73 Å². The first-order valence-electron chi connectivity index (χ1n) is 7.31. The number of anilines is 1. The van der Waals surface area contributed by atoms with E-state index in [1.165, 1.54) is 0 Å². The second-order valence-electron chi connectivity index (χ2n) is 5.69. The van der Waals surface area contributed by atoms with Gasteiger partial charge >= 0.3 is 0 Å². The van der Waals surface area contributed by atoms with Gasteiger partial charge in [0.15, 0.2) is 0 Å². The Balaban J connectivity index is 2.25. The van der Waals surface area contributed by atoms with Crippen molar-refractivity contribution in [2.24, 2.45) is 5.92 Å². The summed E-state index contributed by atoms with van der Waals surface area (Å²) in [5.74, 6) is 0.651. The number of nitrogens with two attached hydrogens (primary N) is 1. The third-order valence-corrected chi connectivity index (χ3v) is 5.97. The van der Waals surface area contributed by atoms with Crippen molar-refractivity contribution >= 4 is 15.7 Å². The smallest absolute Gasteiger partial charge is 0.243 e. The van der Waals surface area contributed by atoms with Crippen LogP contribution in [0, 0.1) is 12.8 Å². The van der Waals surface area contributed by atoms with Crippen molar-refractivity contribution in [2.45, 2.75) is 44.4 Å². The quantitative estimate of drug-likeness (QED) is 0.872. The molecule has 0 saturated carbocycles. The SMILES string of the molecule is CCC1CCCN(S(=O)(=O)c2cc(C)cc(N)c2)CC1. The van der Waals surface area contributed by atoms with E-state index in [2.05, 4.69) is 6.92 Å². The maximum atomic E-state index is 12.7. The van der Waals surface area contributed by atoms with Crippen LogP contribution in [-0.2, 0) is 10.0 Å². The van der Waals surface area contributed by atoms with Gasteiger partial charge in [0.1, 0.15) is 0 Å². The van der Waals surface area contributed by atoms with Gasteiger partial charge in [-0.05, 0) is 55.9 Å². The second kappa shape index (κ2) is 6.14. The molecule has 0 spiro atoms. The Morgan fingerprint density at radius 2 is 2.00 bits per heavy atom. The lowest BCUT2D eigenvalue weighted by Crippen LogP contribution is -2.32. The van der Waals surface area contributed by atoms with E-state index >= 15 is 0 Å². The molecule has 2 N–H and O–H groups in total. The van der Waals surface area contributed by atoms with E-state index in [9.17, 15) is 8.42 Å². The molecule has 1 aliphatic heterocycles. The Bertz CT molecular complexity index is 549.